The molecule has 0 aromatic heterocycles. The molecule has 0 heterocycles. The van der Waals surface area contributed by atoms with Crippen LogP contribution in [0.2, 0.25) is 0 Å². The molecule has 5 heteroatoms. The average Bonchev–Trinajstić information content (AvgIpc) is 2.88. The van der Waals surface area contributed by atoms with Crippen LogP contribution in [-0.2, 0) is 14.4 Å². The van der Waals surface area contributed by atoms with Gasteiger partial charge in [-0.15, -0.1) is 0 Å². The number of thiol groups is 2. The minimum absolute atomic E-state index is 0.441. The molecule has 0 aromatic rings. The Morgan fingerprint density at radius 3 is 0.943 bits per heavy atom. The fourth-order valence-corrected chi connectivity index (χ4v) is 6.52. The summed E-state index contributed by atoms with van der Waals surface area (Å²) in [6, 6.07) is 0. The van der Waals surface area contributed by atoms with Crippen LogP contribution in [0.3, 0.4) is 0 Å². The second-order valence-electron chi connectivity index (χ2n) is 10.3. The van der Waals surface area contributed by atoms with E-state index >= 15 is 0 Å². The van der Waals surface area contributed by atoms with Gasteiger partial charge >= 0.3 is 201 Å². The van der Waals surface area contributed by atoms with E-state index in [0.717, 1.165) is 24.6 Å². The zero-order valence-corrected chi connectivity index (χ0v) is 26.5. The Labute approximate surface area is 239 Å². The third-order valence-corrected chi connectivity index (χ3v) is 9.70. The molecule has 0 aliphatic rings. The Bertz CT molecular complexity index is 353. The maximum atomic E-state index is 4.60. The van der Waals surface area contributed by atoms with Crippen LogP contribution < -0.4 is 10.6 Å². The van der Waals surface area contributed by atoms with E-state index in [1.165, 1.54) is 141 Å². The van der Waals surface area contributed by atoms with Crippen molar-refractivity contribution in [1.29, 1.82) is 0 Å². The van der Waals surface area contributed by atoms with Crippen molar-refractivity contribution in [1.82, 2.24) is 10.6 Å². The maximum absolute atomic E-state index is 4.60. The van der Waals surface area contributed by atoms with Crippen LogP contribution >= 0.6 is 25.3 Å². The smallest absolute Gasteiger partial charge is 0.0654 e. The van der Waals surface area contributed by atoms with Crippen LogP contribution in [0.25, 0.3) is 0 Å². The topological polar surface area (TPSA) is 24.1 Å². The van der Waals surface area contributed by atoms with Gasteiger partial charge in [0, 0.05) is 0 Å². The van der Waals surface area contributed by atoms with E-state index in [9.17, 15) is 0 Å². The van der Waals surface area contributed by atoms with E-state index in [-0.39, 0.29) is 0 Å². The van der Waals surface area contributed by atoms with E-state index in [1.54, 1.807) is 14.4 Å². The van der Waals surface area contributed by atoms with Crippen molar-refractivity contribution in [2.24, 2.45) is 0 Å². The second kappa shape index (κ2) is 31.3. The van der Waals surface area contributed by atoms with Gasteiger partial charge in [0.1, 0.15) is 0 Å². The molecule has 0 aliphatic heterocycles. The standard InChI is InChI=1S/2C15H32NS.Ni/c2*1-2-3-4-5-6-7-8-9-10-11-12-13-16-14-15-17;/h2*14,16-17H,2-13,15H2,1H3;. The number of hydrogen-bond acceptors (Lipinski definition) is 4. The minimum atomic E-state index is 0.441. The van der Waals surface area contributed by atoms with E-state index in [1.807, 2.05) is 0 Å². The van der Waals surface area contributed by atoms with Gasteiger partial charge in [0.2, 0.25) is 0 Å². The molecule has 2 unspecified atom stereocenters. The van der Waals surface area contributed by atoms with Gasteiger partial charge in [-0.1, -0.05) is 39.5 Å². The molecular weight excluding hydrogens is 511 g/mol. The fraction of sp³-hybridized carbons (Fsp3) is 1.00. The van der Waals surface area contributed by atoms with Crippen molar-refractivity contribution in [2.75, 3.05) is 24.6 Å². The van der Waals surface area contributed by atoms with Gasteiger partial charge < -0.3 is 0 Å². The van der Waals surface area contributed by atoms with E-state index < -0.39 is 0 Å². The van der Waals surface area contributed by atoms with Crippen molar-refractivity contribution in [2.45, 2.75) is 165 Å². The van der Waals surface area contributed by atoms with Crippen LogP contribution in [-0.4, -0.2) is 34.6 Å². The molecule has 0 amide bonds. The molecule has 0 saturated carbocycles. The summed E-state index contributed by atoms with van der Waals surface area (Å²) in [7, 11) is 0. The predicted octanol–water partition coefficient (Wildman–Crippen LogP) is 9.38. The fourth-order valence-electron chi connectivity index (χ4n) is 4.50. The monoisotopic (exact) mass is 574 g/mol. The van der Waals surface area contributed by atoms with Gasteiger partial charge in [-0.25, -0.2) is 0 Å². The molecule has 0 fully saturated rings. The average molecular weight is 576 g/mol. The van der Waals surface area contributed by atoms with Gasteiger partial charge in [0.15, 0.2) is 0 Å². The molecule has 0 radical (unpaired) electrons. The van der Waals surface area contributed by atoms with Crippen molar-refractivity contribution in [3.63, 3.8) is 0 Å². The van der Waals surface area contributed by atoms with E-state index in [0.29, 0.717) is 10.0 Å². The van der Waals surface area contributed by atoms with E-state index in [4.69, 9.17) is 0 Å². The van der Waals surface area contributed by atoms with Gasteiger partial charge in [-0.05, 0) is 0 Å². The zero-order valence-electron chi connectivity index (χ0n) is 23.8. The summed E-state index contributed by atoms with van der Waals surface area (Å²) in [5.41, 5.74) is 0. The first-order valence-corrected chi connectivity index (χ1v) is 17.9. The second-order valence-corrected chi connectivity index (χ2v) is 12.7. The summed E-state index contributed by atoms with van der Waals surface area (Å²) < 4.78 is 0. The summed E-state index contributed by atoms with van der Waals surface area (Å²) in [6.45, 7) is 6.84. The predicted molar refractivity (Wildman–Crippen MR) is 164 cm³/mol. The molecule has 2 atom stereocenters. The number of hydrogen-bond donors (Lipinski definition) is 4. The summed E-state index contributed by atoms with van der Waals surface area (Å²) in [4.78, 5) is 0. The Balaban J connectivity index is 3.55. The van der Waals surface area contributed by atoms with Crippen molar-refractivity contribution >= 4 is 25.3 Å². The Morgan fingerprint density at radius 1 is 0.429 bits per heavy atom. The molecular formula is C30H64N2NiS2. The molecule has 0 spiro atoms. The van der Waals surface area contributed by atoms with Crippen molar-refractivity contribution in [3.8, 4) is 0 Å². The minimum Gasteiger partial charge on any atom is -0.0654 e. The molecule has 0 saturated heterocycles. The molecule has 0 rings (SSSR count). The van der Waals surface area contributed by atoms with Crippen molar-refractivity contribution < 1.29 is 14.4 Å². The van der Waals surface area contributed by atoms with Gasteiger partial charge in [0.25, 0.3) is 0 Å². The van der Waals surface area contributed by atoms with Crippen LogP contribution in [0.15, 0.2) is 0 Å². The summed E-state index contributed by atoms with van der Waals surface area (Å²) >= 11 is 11.0. The van der Waals surface area contributed by atoms with E-state index in [2.05, 4.69) is 49.7 Å². The van der Waals surface area contributed by atoms with Crippen LogP contribution in [0.5, 0.6) is 0 Å². The van der Waals surface area contributed by atoms with Crippen LogP contribution in [0, 0.1) is 0 Å². The third-order valence-electron chi connectivity index (χ3n) is 6.82. The Hall–Kier alpha value is 1.11. The molecule has 0 aliphatic carbocycles. The van der Waals surface area contributed by atoms with Crippen LogP contribution in [0.1, 0.15) is 155 Å². The molecule has 2 nitrogen and oxygen atoms in total. The Kier molecular flexibility index (Phi) is 32.3. The first-order chi connectivity index (χ1) is 17.3. The Morgan fingerprint density at radius 2 is 0.686 bits per heavy atom. The molecule has 2 N–H and O–H groups in total. The zero-order chi connectivity index (χ0) is 25.7. The SMILES string of the molecule is CCCCCCCCCCCCCN[CH](CS)[Ni][CH](CS)NCCCCCCCCCCCCC. The first kappa shape index (κ1) is 36.1. The molecule has 0 bridgehead atoms. The molecule has 35 heavy (non-hydrogen) atoms. The number of unbranched alkanes of at least 4 members (excludes halogenated alkanes) is 20. The first-order valence-electron chi connectivity index (χ1n) is 15.5. The summed E-state index contributed by atoms with van der Waals surface area (Å²) in [5.74, 6) is 1.78. The van der Waals surface area contributed by atoms with Gasteiger partial charge in [-0.3, -0.25) is 0 Å². The third kappa shape index (κ3) is 28.0. The van der Waals surface area contributed by atoms with Crippen LogP contribution in [0.4, 0.5) is 0 Å². The summed E-state index contributed by atoms with van der Waals surface area (Å²) in [5, 5.41) is 8.35. The molecule has 216 valence electrons. The van der Waals surface area contributed by atoms with Gasteiger partial charge in [-0.2, -0.15) is 0 Å². The van der Waals surface area contributed by atoms with Crippen molar-refractivity contribution in [3.05, 3.63) is 0 Å². The quantitative estimate of drug-likeness (QED) is 0.0390. The normalized spacial score (nSPS) is 13.5. The molecule has 0 aromatic carbocycles. The number of rotatable bonds is 30. The van der Waals surface area contributed by atoms with Gasteiger partial charge in [0.05, 0.1) is 0 Å². The number of nitrogens with one attached hydrogen (secondary N) is 2. The summed E-state index contributed by atoms with van der Waals surface area (Å²) in [6.07, 6.45) is 30.9.